The summed E-state index contributed by atoms with van der Waals surface area (Å²) < 4.78 is 0. The van der Waals surface area contributed by atoms with E-state index < -0.39 is 0 Å². The van der Waals surface area contributed by atoms with Gasteiger partial charge in [-0.15, -0.1) is 0 Å². The van der Waals surface area contributed by atoms with E-state index in [-0.39, 0.29) is 0 Å². The van der Waals surface area contributed by atoms with Crippen LogP contribution in [0.5, 0.6) is 0 Å². The fourth-order valence-corrected chi connectivity index (χ4v) is 1.61. The van der Waals surface area contributed by atoms with Crippen molar-refractivity contribution in [2.24, 2.45) is 5.73 Å². The maximum Gasteiger partial charge on any atom is 0.0467 e. The van der Waals surface area contributed by atoms with Crippen LogP contribution in [0.2, 0.25) is 5.02 Å². The summed E-state index contributed by atoms with van der Waals surface area (Å²) in [5.41, 5.74) is 9.13. The van der Waals surface area contributed by atoms with Crippen LogP contribution >= 0.6 is 11.6 Å². The Morgan fingerprint density at radius 3 is 2.62 bits per heavy atom. The molecule has 0 aliphatic carbocycles. The third-order valence-electron chi connectivity index (χ3n) is 2.34. The zero-order chi connectivity index (χ0) is 9.84. The molecule has 0 spiro atoms. The number of nitrogens with two attached hydrogens (primary N) is 1. The minimum absolute atomic E-state index is 0.741. The average molecular weight is 198 g/mol. The molecule has 0 amide bonds. The van der Waals surface area contributed by atoms with Gasteiger partial charge in [0, 0.05) is 5.02 Å². The minimum Gasteiger partial charge on any atom is -0.330 e. The van der Waals surface area contributed by atoms with E-state index in [0.717, 1.165) is 30.0 Å². The summed E-state index contributed by atoms with van der Waals surface area (Å²) in [7, 11) is 0. The van der Waals surface area contributed by atoms with Crippen molar-refractivity contribution in [3.05, 3.63) is 33.8 Å². The first-order valence-corrected chi connectivity index (χ1v) is 4.99. The van der Waals surface area contributed by atoms with Crippen molar-refractivity contribution in [1.82, 2.24) is 0 Å². The SMILES string of the molecule is Cc1ccc(CCCN)c(C)c1Cl. The van der Waals surface area contributed by atoms with Gasteiger partial charge in [-0.1, -0.05) is 23.7 Å². The second kappa shape index (κ2) is 4.64. The lowest BCUT2D eigenvalue weighted by atomic mass is 10.0. The molecule has 0 atom stereocenters. The van der Waals surface area contributed by atoms with Crippen LogP contribution in [0, 0.1) is 13.8 Å². The lowest BCUT2D eigenvalue weighted by Crippen LogP contribution is -2.01. The van der Waals surface area contributed by atoms with E-state index in [1.807, 2.05) is 6.92 Å². The predicted molar refractivity (Wildman–Crippen MR) is 58.3 cm³/mol. The summed E-state index contributed by atoms with van der Waals surface area (Å²) in [6.07, 6.45) is 2.06. The summed E-state index contributed by atoms with van der Waals surface area (Å²) in [5, 5.41) is 0.898. The van der Waals surface area contributed by atoms with Crippen LogP contribution in [0.3, 0.4) is 0 Å². The first kappa shape index (κ1) is 10.6. The van der Waals surface area contributed by atoms with Crippen LogP contribution < -0.4 is 5.73 Å². The number of halogens is 1. The van der Waals surface area contributed by atoms with Gasteiger partial charge in [0.1, 0.15) is 0 Å². The highest BCUT2D eigenvalue weighted by Crippen LogP contribution is 2.23. The van der Waals surface area contributed by atoms with E-state index in [1.165, 1.54) is 11.1 Å². The van der Waals surface area contributed by atoms with Gasteiger partial charge >= 0.3 is 0 Å². The molecule has 13 heavy (non-hydrogen) atoms. The molecule has 0 unspecified atom stereocenters. The first-order chi connectivity index (χ1) is 6.16. The maximum atomic E-state index is 6.13. The summed E-state index contributed by atoms with van der Waals surface area (Å²) in [6, 6.07) is 4.22. The van der Waals surface area contributed by atoms with E-state index in [1.54, 1.807) is 0 Å². The molecule has 2 heteroatoms. The van der Waals surface area contributed by atoms with Crippen molar-refractivity contribution in [2.45, 2.75) is 26.7 Å². The second-order valence-corrected chi connectivity index (χ2v) is 3.75. The van der Waals surface area contributed by atoms with Gasteiger partial charge in [0.15, 0.2) is 0 Å². The average Bonchev–Trinajstić information content (AvgIpc) is 2.13. The molecule has 0 saturated heterocycles. The number of benzene rings is 1. The van der Waals surface area contributed by atoms with E-state index in [4.69, 9.17) is 17.3 Å². The van der Waals surface area contributed by atoms with Crippen LogP contribution in [0.1, 0.15) is 23.1 Å². The molecule has 0 aliphatic heterocycles. The zero-order valence-electron chi connectivity index (χ0n) is 8.23. The van der Waals surface area contributed by atoms with Gasteiger partial charge in [0.2, 0.25) is 0 Å². The van der Waals surface area contributed by atoms with Gasteiger partial charge in [-0.25, -0.2) is 0 Å². The molecule has 1 aromatic rings. The van der Waals surface area contributed by atoms with E-state index >= 15 is 0 Å². The van der Waals surface area contributed by atoms with Crippen LogP contribution in [-0.4, -0.2) is 6.54 Å². The molecule has 1 nitrogen and oxygen atoms in total. The highest BCUT2D eigenvalue weighted by atomic mass is 35.5. The molecule has 0 aromatic heterocycles. The minimum atomic E-state index is 0.741. The molecule has 0 radical (unpaired) electrons. The van der Waals surface area contributed by atoms with Crippen LogP contribution in [0.25, 0.3) is 0 Å². The fourth-order valence-electron chi connectivity index (χ4n) is 1.42. The number of rotatable bonds is 3. The third-order valence-corrected chi connectivity index (χ3v) is 2.92. The molecular formula is C11H16ClN. The van der Waals surface area contributed by atoms with Gasteiger partial charge < -0.3 is 5.73 Å². The van der Waals surface area contributed by atoms with Crippen molar-refractivity contribution < 1.29 is 0 Å². The molecule has 72 valence electrons. The summed E-state index contributed by atoms with van der Waals surface area (Å²) >= 11 is 6.13. The highest BCUT2D eigenvalue weighted by Gasteiger charge is 2.04. The summed E-state index contributed by atoms with van der Waals surface area (Å²) in [6.45, 7) is 4.84. The molecule has 0 saturated carbocycles. The fraction of sp³-hybridized carbons (Fsp3) is 0.455. The lowest BCUT2D eigenvalue weighted by molar-refractivity contribution is 0.827. The Morgan fingerprint density at radius 2 is 2.00 bits per heavy atom. The maximum absolute atomic E-state index is 6.13. The third kappa shape index (κ3) is 2.45. The van der Waals surface area contributed by atoms with Gasteiger partial charge in [-0.2, -0.15) is 0 Å². The predicted octanol–water partition coefficient (Wildman–Crippen LogP) is 2.85. The first-order valence-electron chi connectivity index (χ1n) is 4.61. The molecule has 1 rings (SSSR count). The van der Waals surface area contributed by atoms with Gasteiger partial charge in [-0.05, 0) is 49.9 Å². The van der Waals surface area contributed by atoms with Crippen molar-refractivity contribution in [1.29, 1.82) is 0 Å². The van der Waals surface area contributed by atoms with Gasteiger partial charge in [0.05, 0.1) is 0 Å². The Balaban J connectivity index is 2.90. The van der Waals surface area contributed by atoms with Gasteiger partial charge in [0.25, 0.3) is 0 Å². The van der Waals surface area contributed by atoms with Crippen LogP contribution in [0.4, 0.5) is 0 Å². The number of hydrogen-bond acceptors (Lipinski definition) is 1. The van der Waals surface area contributed by atoms with E-state index in [0.29, 0.717) is 0 Å². The van der Waals surface area contributed by atoms with Crippen LogP contribution in [0.15, 0.2) is 12.1 Å². The highest BCUT2D eigenvalue weighted by molar-refractivity contribution is 6.32. The molecular weight excluding hydrogens is 182 g/mol. The Hall–Kier alpha value is -0.530. The van der Waals surface area contributed by atoms with Crippen molar-refractivity contribution >= 4 is 11.6 Å². The molecule has 2 N–H and O–H groups in total. The summed E-state index contributed by atoms with van der Waals surface area (Å²) in [4.78, 5) is 0. The molecule has 0 aliphatic rings. The normalized spacial score (nSPS) is 10.5. The Kier molecular flexibility index (Phi) is 3.76. The largest absolute Gasteiger partial charge is 0.330 e. The van der Waals surface area contributed by atoms with E-state index in [9.17, 15) is 0 Å². The molecule has 0 bridgehead atoms. The summed E-state index contributed by atoms with van der Waals surface area (Å²) in [5.74, 6) is 0. The van der Waals surface area contributed by atoms with Crippen molar-refractivity contribution in [3.63, 3.8) is 0 Å². The number of aryl methyl sites for hydroxylation is 2. The second-order valence-electron chi connectivity index (χ2n) is 3.37. The van der Waals surface area contributed by atoms with Gasteiger partial charge in [-0.3, -0.25) is 0 Å². The Labute approximate surface area is 84.9 Å². The standard InChI is InChI=1S/C11H16ClN/c1-8-5-6-10(4-3-7-13)9(2)11(8)12/h5-6H,3-4,7,13H2,1-2H3. The lowest BCUT2D eigenvalue weighted by Gasteiger charge is -2.08. The molecule has 1 aromatic carbocycles. The van der Waals surface area contributed by atoms with Crippen molar-refractivity contribution in [3.8, 4) is 0 Å². The zero-order valence-corrected chi connectivity index (χ0v) is 8.99. The topological polar surface area (TPSA) is 26.0 Å². The number of hydrogen-bond donors (Lipinski definition) is 1. The molecule has 0 heterocycles. The quantitative estimate of drug-likeness (QED) is 0.793. The Morgan fingerprint density at radius 1 is 1.31 bits per heavy atom. The molecule has 0 fully saturated rings. The van der Waals surface area contributed by atoms with Crippen LogP contribution in [-0.2, 0) is 6.42 Å². The van der Waals surface area contributed by atoms with Crippen molar-refractivity contribution in [2.75, 3.05) is 6.54 Å². The smallest absolute Gasteiger partial charge is 0.0467 e. The van der Waals surface area contributed by atoms with E-state index in [2.05, 4.69) is 19.1 Å². The monoisotopic (exact) mass is 197 g/mol. The Bertz CT molecular complexity index is 294.